The fourth-order valence-corrected chi connectivity index (χ4v) is 4.73. The highest BCUT2D eigenvalue weighted by molar-refractivity contribution is 7.89. The summed E-state index contributed by atoms with van der Waals surface area (Å²) in [4.78, 5) is 25.0. The molecule has 0 N–H and O–H groups in total. The van der Waals surface area contributed by atoms with Crippen LogP contribution in [-0.4, -0.2) is 46.8 Å². The first-order chi connectivity index (χ1) is 14.3. The Morgan fingerprint density at radius 1 is 1.13 bits per heavy atom. The van der Waals surface area contributed by atoms with E-state index in [1.54, 1.807) is 51.1 Å². The maximum absolute atomic E-state index is 12.8. The van der Waals surface area contributed by atoms with Gasteiger partial charge in [-0.25, -0.2) is 13.2 Å². The second kappa shape index (κ2) is 8.72. The molecule has 30 heavy (non-hydrogen) atoms. The van der Waals surface area contributed by atoms with Gasteiger partial charge in [0.15, 0.2) is 6.73 Å². The molecule has 0 aliphatic rings. The summed E-state index contributed by atoms with van der Waals surface area (Å²) in [5.74, 6) is -0.771. The fraction of sp³-hybridized carbons (Fsp3) is 0.300. The number of hydrogen-bond donors (Lipinski definition) is 0. The highest BCUT2D eigenvalue weighted by Crippen LogP contribution is 2.22. The first-order valence-electron chi connectivity index (χ1n) is 9.40. The second-order valence-electron chi connectivity index (χ2n) is 6.54. The van der Waals surface area contributed by atoms with Gasteiger partial charge in [0.2, 0.25) is 10.0 Å². The fourth-order valence-electron chi connectivity index (χ4n) is 3.02. The van der Waals surface area contributed by atoms with Crippen LogP contribution in [0.5, 0.6) is 0 Å². The number of hydrogen-bond acceptors (Lipinski definition) is 7. The molecular weight excluding hydrogens is 408 g/mol. The van der Waals surface area contributed by atoms with Crippen molar-refractivity contribution in [1.29, 1.82) is 0 Å². The topological polar surface area (TPSA) is 111 Å². The molecule has 1 aromatic heterocycles. The van der Waals surface area contributed by atoms with E-state index in [9.17, 15) is 18.0 Å². The number of nitrogens with zero attached hydrogens (tertiary/aromatic N) is 4. The zero-order chi connectivity index (χ0) is 21.9. The normalized spacial score (nSPS) is 11.7. The molecule has 3 rings (SSSR count). The van der Waals surface area contributed by atoms with Gasteiger partial charge in [0.25, 0.3) is 5.56 Å². The van der Waals surface area contributed by atoms with Gasteiger partial charge in [-0.05, 0) is 36.8 Å². The lowest BCUT2D eigenvalue weighted by atomic mass is 10.1. The lowest BCUT2D eigenvalue weighted by molar-refractivity contribution is 0.0336. The standard InChI is InChI=1S/C20H22N4O5S/c1-4-23(5-2)30(27,28)18-12-15(11-10-14(18)3)20(26)29-13-24-19(25)16-8-6-7-9-17(16)21-22-24/h6-12H,4-5,13H2,1-3H3. The summed E-state index contributed by atoms with van der Waals surface area (Å²) in [7, 11) is -3.74. The number of esters is 1. The predicted molar refractivity (Wildman–Crippen MR) is 110 cm³/mol. The van der Waals surface area contributed by atoms with Crippen LogP contribution in [0.4, 0.5) is 0 Å². The molecule has 1 heterocycles. The van der Waals surface area contributed by atoms with Gasteiger partial charge in [-0.1, -0.05) is 37.3 Å². The molecule has 0 bridgehead atoms. The van der Waals surface area contributed by atoms with Crippen LogP contribution in [0, 0.1) is 6.92 Å². The number of benzene rings is 2. The van der Waals surface area contributed by atoms with Gasteiger partial charge >= 0.3 is 5.97 Å². The summed E-state index contributed by atoms with van der Waals surface area (Å²) < 4.78 is 33.1. The Labute approximate surface area is 173 Å². The van der Waals surface area contributed by atoms with Crippen LogP contribution in [0.25, 0.3) is 10.9 Å². The summed E-state index contributed by atoms with van der Waals surface area (Å²) in [6.07, 6.45) is 0. The minimum absolute atomic E-state index is 0.0447. The molecule has 3 aromatic rings. The Hall–Kier alpha value is -3.11. The van der Waals surface area contributed by atoms with Crippen molar-refractivity contribution in [2.45, 2.75) is 32.4 Å². The van der Waals surface area contributed by atoms with Crippen LogP contribution < -0.4 is 5.56 Å². The number of carbonyl (C=O) groups excluding carboxylic acids is 1. The molecule has 0 amide bonds. The van der Waals surface area contributed by atoms with Crippen molar-refractivity contribution in [3.05, 3.63) is 63.9 Å². The first-order valence-corrected chi connectivity index (χ1v) is 10.8. The molecular formula is C20H22N4O5S. The van der Waals surface area contributed by atoms with Crippen molar-refractivity contribution in [2.75, 3.05) is 13.1 Å². The number of aryl methyl sites for hydroxylation is 1. The van der Waals surface area contributed by atoms with Crippen molar-refractivity contribution in [1.82, 2.24) is 19.3 Å². The van der Waals surface area contributed by atoms with Crippen molar-refractivity contribution < 1.29 is 17.9 Å². The summed E-state index contributed by atoms with van der Waals surface area (Å²) in [5, 5.41) is 8.04. The van der Waals surface area contributed by atoms with Crippen LogP contribution >= 0.6 is 0 Å². The molecule has 0 aliphatic heterocycles. The van der Waals surface area contributed by atoms with Gasteiger partial charge in [-0.15, -0.1) is 5.10 Å². The molecule has 9 nitrogen and oxygen atoms in total. The maximum atomic E-state index is 12.8. The molecule has 158 valence electrons. The minimum atomic E-state index is -3.74. The summed E-state index contributed by atoms with van der Waals surface area (Å²) in [5.41, 5.74) is 0.583. The van der Waals surface area contributed by atoms with Gasteiger partial charge < -0.3 is 4.74 Å². The van der Waals surface area contributed by atoms with Gasteiger partial charge in [-0.3, -0.25) is 4.79 Å². The van der Waals surface area contributed by atoms with Crippen LogP contribution in [0.1, 0.15) is 29.8 Å². The van der Waals surface area contributed by atoms with Gasteiger partial charge in [0.1, 0.15) is 5.52 Å². The van der Waals surface area contributed by atoms with E-state index in [1.807, 2.05) is 0 Å². The van der Waals surface area contributed by atoms with Crippen molar-refractivity contribution in [2.24, 2.45) is 0 Å². The van der Waals surface area contributed by atoms with Gasteiger partial charge in [-0.2, -0.15) is 8.99 Å². The number of carbonyl (C=O) groups is 1. The molecule has 0 spiro atoms. The number of fused-ring (bicyclic) bond motifs is 1. The zero-order valence-corrected chi connectivity index (χ0v) is 17.7. The molecule has 2 aromatic carbocycles. The Kier molecular flexibility index (Phi) is 6.28. The predicted octanol–water partition coefficient (Wildman–Crippen LogP) is 1.94. The molecule has 0 saturated heterocycles. The molecule has 0 atom stereocenters. The van der Waals surface area contributed by atoms with Gasteiger partial charge in [0, 0.05) is 13.1 Å². The van der Waals surface area contributed by atoms with E-state index in [0.717, 1.165) is 4.68 Å². The van der Waals surface area contributed by atoms with Crippen molar-refractivity contribution in [3.8, 4) is 0 Å². The third kappa shape index (κ3) is 4.10. The second-order valence-corrected chi connectivity index (χ2v) is 8.45. The summed E-state index contributed by atoms with van der Waals surface area (Å²) in [6, 6.07) is 11.0. The zero-order valence-electron chi connectivity index (χ0n) is 16.9. The number of rotatable bonds is 7. The summed E-state index contributed by atoms with van der Waals surface area (Å²) in [6.45, 7) is 5.35. The van der Waals surface area contributed by atoms with E-state index >= 15 is 0 Å². The Morgan fingerprint density at radius 2 is 1.83 bits per heavy atom. The van der Waals surface area contributed by atoms with E-state index < -0.39 is 28.3 Å². The summed E-state index contributed by atoms with van der Waals surface area (Å²) >= 11 is 0. The number of aromatic nitrogens is 3. The lowest BCUT2D eigenvalue weighted by Crippen LogP contribution is -2.31. The van der Waals surface area contributed by atoms with Crippen LogP contribution in [-0.2, 0) is 21.5 Å². The Balaban J connectivity index is 1.85. The third-order valence-corrected chi connectivity index (χ3v) is 6.89. The quantitative estimate of drug-likeness (QED) is 0.527. The van der Waals surface area contributed by atoms with Crippen molar-refractivity contribution >= 4 is 26.9 Å². The SMILES string of the molecule is CCN(CC)S(=O)(=O)c1cc(C(=O)OCn2nnc3ccccc3c2=O)ccc1C. The maximum Gasteiger partial charge on any atom is 0.339 e. The molecule has 0 fully saturated rings. The average Bonchev–Trinajstić information content (AvgIpc) is 2.74. The monoisotopic (exact) mass is 430 g/mol. The lowest BCUT2D eigenvalue weighted by Gasteiger charge is -2.20. The largest absolute Gasteiger partial charge is 0.439 e. The average molecular weight is 430 g/mol. The van der Waals surface area contributed by atoms with Crippen molar-refractivity contribution in [3.63, 3.8) is 0 Å². The highest BCUT2D eigenvalue weighted by atomic mass is 32.2. The highest BCUT2D eigenvalue weighted by Gasteiger charge is 2.25. The van der Waals surface area contributed by atoms with Gasteiger partial charge in [0.05, 0.1) is 15.8 Å². The minimum Gasteiger partial charge on any atom is -0.439 e. The Morgan fingerprint density at radius 3 is 2.53 bits per heavy atom. The molecule has 0 radical (unpaired) electrons. The van der Waals surface area contributed by atoms with Crippen LogP contribution in [0.15, 0.2) is 52.2 Å². The van der Waals surface area contributed by atoms with E-state index in [-0.39, 0.29) is 10.5 Å². The van der Waals surface area contributed by atoms with E-state index in [1.165, 1.54) is 16.4 Å². The van der Waals surface area contributed by atoms with E-state index in [4.69, 9.17) is 4.74 Å². The first kappa shape index (κ1) is 21.6. The molecule has 0 unspecified atom stereocenters. The number of ether oxygens (including phenoxy) is 1. The van der Waals surface area contributed by atoms with Crippen LogP contribution in [0.3, 0.4) is 0 Å². The number of sulfonamides is 1. The smallest absolute Gasteiger partial charge is 0.339 e. The van der Waals surface area contributed by atoms with E-state index in [0.29, 0.717) is 29.6 Å². The third-order valence-electron chi connectivity index (χ3n) is 4.69. The molecule has 0 saturated carbocycles. The van der Waals surface area contributed by atoms with Crippen LogP contribution in [0.2, 0.25) is 0 Å². The molecule has 0 aliphatic carbocycles. The molecule has 10 heteroatoms. The Bertz CT molecular complexity index is 1250. The van der Waals surface area contributed by atoms with E-state index in [2.05, 4.69) is 10.3 Å².